The maximum atomic E-state index is 10.0. The van der Waals surface area contributed by atoms with Crippen LogP contribution in [0.2, 0.25) is 10.0 Å². The number of aromatic nitrogens is 3. The van der Waals surface area contributed by atoms with E-state index in [1.54, 1.807) is 29.1 Å². The highest BCUT2D eigenvalue weighted by atomic mass is 35.5. The molecule has 3 rings (SSSR count). The number of hydrogen-bond donors (Lipinski definition) is 1. The Morgan fingerprint density at radius 2 is 2.14 bits per heavy atom. The number of benzene rings is 1. The van der Waals surface area contributed by atoms with E-state index >= 15 is 0 Å². The van der Waals surface area contributed by atoms with Crippen LogP contribution in [0.1, 0.15) is 5.76 Å². The molecule has 0 amide bonds. The number of rotatable bonds is 6. The van der Waals surface area contributed by atoms with Crippen molar-refractivity contribution in [3.05, 3.63) is 46.3 Å². The minimum atomic E-state index is -0.727. The summed E-state index contributed by atoms with van der Waals surface area (Å²) in [5.41, 5.74) is 1.33. The first-order valence-corrected chi connectivity index (χ1v) is 7.35. The van der Waals surface area contributed by atoms with Crippen LogP contribution in [0.25, 0.3) is 11.0 Å². The lowest BCUT2D eigenvalue weighted by Gasteiger charge is -2.11. The molecule has 116 valence electrons. The topological polar surface area (TPSA) is 73.3 Å². The molecule has 1 N–H and O–H groups in total. The van der Waals surface area contributed by atoms with E-state index in [-0.39, 0.29) is 13.2 Å². The van der Waals surface area contributed by atoms with Crippen molar-refractivity contribution in [1.82, 2.24) is 15.0 Å². The van der Waals surface area contributed by atoms with E-state index in [1.807, 2.05) is 6.07 Å². The average Bonchev–Trinajstić information content (AvgIpc) is 3.11. The highest BCUT2D eigenvalue weighted by Gasteiger charge is 2.12. The van der Waals surface area contributed by atoms with E-state index in [9.17, 15) is 5.11 Å². The van der Waals surface area contributed by atoms with Gasteiger partial charge >= 0.3 is 0 Å². The zero-order valence-electron chi connectivity index (χ0n) is 11.4. The molecule has 6 nitrogen and oxygen atoms in total. The van der Waals surface area contributed by atoms with E-state index in [4.69, 9.17) is 32.4 Å². The molecule has 1 atom stereocenters. The van der Waals surface area contributed by atoms with Crippen LogP contribution in [0.4, 0.5) is 0 Å². The van der Waals surface area contributed by atoms with Crippen LogP contribution in [0.5, 0.6) is 0 Å². The summed E-state index contributed by atoms with van der Waals surface area (Å²) in [6.07, 6.45) is 0.847. The standard InChI is InChI=1S/C14H13Cl2N3O3/c15-11-4-13-14(5-12(11)16)19(18-17-13)6-9(20)7-21-8-10-2-1-3-22-10/h1-5,9,20H,6-8H2/t9-/m0/s1. The van der Waals surface area contributed by atoms with Crippen molar-refractivity contribution in [2.45, 2.75) is 19.3 Å². The van der Waals surface area contributed by atoms with Gasteiger partial charge in [-0.25, -0.2) is 4.68 Å². The predicted octanol–water partition coefficient (Wildman–Crippen LogP) is 2.91. The van der Waals surface area contributed by atoms with E-state index in [0.717, 1.165) is 0 Å². The molecule has 0 saturated heterocycles. The fourth-order valence-electron chi connectivity index (χ4n) is 2.04. The molecule has 1 aromatic carbocycles. The Bertz CT molecular complexity index is 758. The zero-order valence-corrected chi connectivity index (χ0v) is 13.0. The van der Waals surface area contributed by atoms with Gasteiger partial charge in [-0.1, -0.05) is 28.4 Å². The molecule has 2 aromatic heterocycles. The van der Waals surface area contributed by atoms with Crippen LogP contribution in [0, 0.1) is 0 Å². The van der Waals surface area contributed by atoms with Crippen LogP contribution in [0.15, 0.2) is 34.9 Å². The number of aliphatic hydroxyl groups excluding tert-OH is 1. The highest BCUT2D eigenvalue weighted by molar-refractivity contribution is 6.42. The van der Waals surface area contributed by atoms with E-state index in [2.05, 4.69) is 10.3 Å². The van der Waals surface area contributed by atoms with E-state index < -0.39 is 6.10 Å². The Labute approximate surface area is 136 Å². The minimum Gasteiger partial charge on any atom is -0.467 e. The molecule has 0 aliphatic carbocycles. The fraction of sp³-hybridized carbons (Fsp3) is 0.286. The summed E-state index contributed by atoms with van der Waals surface area (Å²) in [6.45, 7) is 0.708. The van der Waals surface area contributed by atoms with Crippen molar-refractivity contribution >= 4 is 34.2 Å². The molecule has 0 bridgehead atoms. The van der Waals surface area contributed by atoms with Gasteiger partial charge in [0.15, 0.2) is 0 Å². The van der Waals surface area contributed by atoms with Crippen molar-refractivity contribution in [2.24, 2.45) is 0 Å². The van der Waals surface area contributed by atoms with Crippen LogP contribution < -0.4 is 0 Å². The molecule has 0 unspecified atom stereocenters. The first-order chi connectivity index (χ1) is 10.6. The van der Waals surface area contributed by atoms with Gasteiger partial charge in [-0.3, -0.25) is 0 Å². The van der Waals surface area contributed by atoms with Gasteiger partial charge in [-0.15, -0.1) is 5.10 Å². The second-order valence-electron chi connectivity index (χ2n) is 4.77. The summed E-state index contributed by atoms with van der Waals surface area (Å²) in [4.78, 5) is 0. The number of nitrogens with zero attached hydrogens (tertiary/aromatic N) is 3. The highest BCUT2D eigenvalue weighted by Crippen LogP contribution is 2.26. The van der Waals surface area contributed by atoms with Gasteiger partial charge in [-0.05, 0) is 24.3 Å². The number of hydrogen-bond acceptors (Lipinski definition) is 5. The molecule has 0 aliphatic heterocycles. The molecular formula is C14H13Cl2N3O3. The number of furan rings is 1. The van der Waals surface area contributed by atoms with Crippen LogP contribution >= 0.6 is 23.2 Å². The van der Waals surface area contributed by atoms with Crippen LogP contribution in [-0.2, 0) is 17.9 Å². The fourth-order valence-corrected chi connectivity index (χ4v) is 2.36. The summed E-state index contributed by atoms with van der Waals surface area (Å²) < 4.78 is 12.1. The molecule has 3 aromatic rings. The van der Waals surface area contributed by atoms with Crippen molar-refractivity contribution < 1.29 is 14.3 Å². The molecular weight excluding hydrogens is 329 g/mol. The van der Waals surface area contributed by atoms with Crippen molar-refractivity contribution in [2.75, 3.05) is 6.61 Å². The quantitative estimate of drug-likeness (QED) is 0.746. The van der Waals surface area contributed by atoms with Gasteiger partial charge < -0.3 is 14.3 Å². The molecule has 2 heterocycles. The summed E-state index contributed by atoms with van der Waals surface area (Å²) >= 11 is 11.9. The Kier molecular flexibility index (Phi) is 4.63. The first-order valence-electron chi connectivity index (χ1n) is 6.60. The van der Waals surface area contributed by atoms with Gasteiger partial charge in [0, 0.05) is 0 Å². The van der Waals surface area contributed by atoms with Gasteiger partial charge in [0.25, 0.3) is 0 Å². The van der Waals surface area contributed by atoms with Crippen molar-refractivity contribution in [3.63, 3.8) is 0 Å². The maximum absolute atomic E-state index is 10.0. The number of halogens is 2. The summed E-state index contributed by atoms with van der Waals surface area (Å²) in [7, 11) is 0. The first kappa shape index (κ1) is 15.3. The molecule has 22 heavy (non-hydrogen) atoms. The summed E-state index contributed by atoms with van der Waals surface area (Å²) in [5, 5.41) is 18.9. The normalized spacial score (nSPS) is 12.9. The van der Waals surface area contributed by atoms with Gasteiger partial charge in [0.05, 0.1) is 41.1 Å². The molecule has 0 spiro atoms. The largest absolute Gasteiger partial charge is 0.467 e. The van der Waals surface area contributed by atoms with E-state index in [0.29, 0.717) is 33.4 Å². The molecule has 8 heteroatoms. The lowest BCUT2D eigenvalue weighted by atomic mass is 10.3. The monoisotopic (exact) mass is 341 g/mol. The summed E-state index contributed by atoms with van der Waals surface area (Å²) in [6, 6.07) is 6.91. The molecule has 0 fully saturated rings. The van der Waals surface area contributed by atoms with E-state index in [1.165, 1.54) is 0 Å². The van der Waals surface area contributed by atoms with Gasteiger partial charge in [-0.2, -0.15) is 0 Å². The minimum absolute atomic E-state index is 0.156. The number of ether oxygens (including phenoxy) is 1. The Hall–Kier alpha value is -1.60. The molecule has 0 saturated carbocycles. The SMILES string of the molecule is O[C@H](COCc1ccco1)Cn1nnc2cc(Cl)c(Cl)cc21. The van der Waals surface area contributed by atoms with Crippen molar-refractivity contribution in [1.29, 1.82) is 0 Å². The lowest BCUT2D eigenvalue weighted by Crippen LogP contribution is -2.22. The van der Waals surface area contributed by atoms with Crippen LogP contribution in [-0.4, -0.2) is 32.8 Å². The van der Waals surface area contributed by atoms with Gasteiger partial charge in [0.1, 0.15) is 17.9 Å². The second kappa shape index (κ2) is 6.66. The molecule has 0 radical (unpaired) electrons. The van der Waals surface area contributed by atoms with Crippen molar-refractivity contribution in [3.8, 4) is 0 Å². The third kappa shape index (κ3) is 3.41. The smallest absolute Gasteiger partial charge is 0.129 e. The number of aliphatic hydroxyl groups is 1. The Balaban J connectivity index is 1.61. The zero-order chi connectivity index (χ0) is 15.5. The number of fused-ring (bicyclic) bond motifs is 1. The predicted molar refractivity (Wildman–Crippen MR) is 81.9 cm³/mol. The van der Waals surface area contributed by atoms with Crippen LogP contribution in [0.3, 0.4) is 0 Å². The average molecular weight is 342 g/mol. The third-order valence-corrected chi connectivity index (χ3v) is 3.80. The lowest BCUT2D eigenvalue weighted by molar-refractivity contribution is 0.0135. The third-order valence-electron chi connectivity index (χ3n) is 3.07. The maximum Gasteiger partial charge on any atom is 0.129 e. The van der Waals surface area contributed by atoms with Gasteiger partial charge in [0.2, 0.25) is 0 Å². The second-order valence-corrected chi connectivity index (χ2v) is 5.59. The Morgan fingerprint density at radius 1 is 1.32 bits per heavy atom. The summed E-state index contributed by atoms with van der Waals surface area (Å²) in [5.74, 6) is 0.708. The Morgan fingerprint density at radius 3 is 2.91 bits per heavy atom. The molecule has 0 aliphatic rings.